The van der Waals surface area contributed by atoms with Crippen LogP contribution in [-0.2, 0) is 0 Å². The van der Waals surface area contributed by atoms with E-state index in [1.165, 1.54) is 0 Å². The number of amides is 3. The Morgan fingerprint density at radius 3 is 2.19 bits per heavy atom. The number of carbonyl (C=O) groups is 2. The lowest BCUT2D eigenvalue weighted by Crippen LogP contribution is -2.52. The second-order valence-corrected chi connectivity index (χ2v) is 6.27. The molecular formula is C15H20BrN3O2. The minimum absolute atomic E-state index is 0.00147. The first-order valence-corrected chi connectivity index (χ1v) is 7.71. The Labute approximate surface area is 133 Å². The second kappa shape index (κ2) is 6.47. The van der Waals surface area contributed by atoms with Crippen molar-refractivity contribution in [2.24, 2.45) is 0 Å². The number of hydrogen-bond donors (Lipinski definition) is 0. The summed E-state index contributed by atoms with van der Waals surface area (Å²) in [5, 5.41) is 0. The van der Waals surface area contributed by atoms with Crippen molar-refractivity contribution in [1.82, 2.24) is 14.7 Å². The topological polar surface area (TPSA) is 43.9 Å². The number of rotatable bonds is 1. The third-order valence-corrected chi connectivity index (χ3v) is 4.51. The summed E-state index contributed by atoms with van der Waals surface area (Å²) in [7, 11) is 3.48. The minimum atomic E-state index is 0.00147. The number of benzene rings is 1. The van der Waals surface area contributed by atoms with Gasteiger partial charge in [-0.15, -0.1) is 0 Å². The van der Waals surface area contributed by atoms with E-state index in [4.69, 9.17) is 0 Å². The summed E-state index contributed by atoms with van der Waals surface area (Å²) in [6, 6.07) is 5.62. The highest BCUT2D eigenvalue weighted by Gasteiger charge is 2.25. The van der Waals surface area contributed by atoms with Gasteiger partial charge in [0.25, 0.3) is 5.91 Å². The summed E-state index contributed by atoms with van der Waals surface area (Å²) in [6.07, 6.45) is 0. The van der Waals surface area contributed by atoms with E-state index < -0.39 is 0 Å². The Morgan fingerprint density at radius 1 is 1.10 bits per heavy atom. The van der Waals surface area contributed by atoms with Crippen molar-refractivity contribution in [3.63, 3.8) is 0 Å². The molecule has 1 heterocycles. The van der Waals surface area contributed by atoms with Gasteiger partial charge in [0, 0.05) is 50.3 Å². The maximum absolute atomic E-state index is 12.5. The zero-order valence-electron chi connectivity index (χ0n) is 12.6. The van der Waals surface area contributed by atoms with Gasteiger partial charge in [0.05, 0.1) is 0 Å². The summed E-state index contributed by atoms with van der Waals surface area (Å²) in [5.74, 6) is 0.0301. The lowest BCUT2D eigenvalue weighted by Gasteiger charge is -2.36. The van der Waals surface area contributed by atoms with Crippen LogP contribution in [0.3, 0.4) is 0 Å². The standard InChI is InChI=1S/C15H20BrN3O2/c1-11-10-12(4-5-13(11)16)14(20)18-6-8-19(9-7-18)15(21)17(2)3/h4-5,10H,6-9H2,1-3H3. The average molecular weight is 354 g/mol. The van der Waals surface area contributed by atoms with Gasteiger partial charge in [-0.05, 0) is 30.7 Å². The van der Waals surface area contributed by atoms with E-state index in [1.54, 1.807) is 23.9 Å². The molecule has 6 heteroatoms. The monoisotopic (exact) mass is 353 g/mol. The number of urea groups is 1. The van der Waals surface area contributed by atoms with Gasteiger partial charge in [-0.2, -0.15) is 0 Å². The molecule has 3 amide bonds. The fraction of sp³-hybridized carbons (Fsp3) is 0.467. The minimum Gasteiger partial charge on any atom is -0.335 e. The summed E-state index contributed by atoms with van der Waals surface area (Å²) < 4.78 is 1.00. The Hall–Kier alpha value is -1.56. The molecule has 1 fully saturated rings. The SMILES string of the molecule is Cc1cc(C(=O)N2CCN(C(=O)N(C)C)CC2)ccc1Br. The van der Waals surface area contributed by atoms with Crippen LogP contribution in [0.1, 0.15) is 15.9 Å². The largest absolute Gasteiger partial charge is 0.335 e. The van der Waals surface area contributed by atoms with Crippen LogP contribution in [-0.4, -0.2) is 66.9 Å². The van der Waals surface area contributed by atoms with Crippen molar-refractivity contribution in [1.29, 1.82) is 0 Å². The highest BCUT2D eigenvalue weighted by atomic mass is 79.9. The smallest absolute Gasteiger partial charge is 0.319 e. The van der Waals surface area contributed by atoms with E-state index in [0.717, 1.165) is 10.0 Å². The van der Waals surface area contributed by atoms with Gasteiger partial charge >= 0.3 is 6.03 Å². The van der Waals surface area contributed by atoms with Crippen LogP contribution in [0, 0.1) is 6.92 Å². The number of carbonyl (C=O) groups excluding carboxylic acids is 2. The quantitative estimate of drug-likeness (QED) is 0.776. The molecule has 1 saturated heterocycles. The number of halogens is 1. The molecule has 0 saturated carbocycles. The van der Waals surface area contributed by atoms with Crippen LogP contribution in [0.4, 0.5) is 4.79 Å². The number of aryl methyl sites for hydroxylation is 1. The highest BCUT2D eigenvalue weighted by molar-refractivity contribution is 9.10. The molecule has 1 aromatic rings. The summed E-state index contributed by atoms with van der Waals surface area (Å²) in [4.78, 5) is 29.5. The van der Waals surface area contributed by atoms with E-state index in [-0.39, 0.29) is 11.9 Å². The van der Waals surface area contributed by atoms with Gasteiger partial charge < -0.3 is 14.7 Å². The second-order valence-electron chi connectivity index (χ2n) is 5.42. The molecule has 0 atom stereocenters. The predicted molar refractivity (Wildman–Crippen MR) is 85.4 cm³/mol. The molecule has 0 aliphatic carbocycles. The van der Waals surface area contributed by atoms with Gasteiger partial charge in [0.2, 0.25) is 0 Å². The number of hydrogen-bond acceptors (Lipinski definition) is 2. The fourth-order valence-corrected chi connectivity index (χ4v) is 2.59. The molecule has 0 N–H and O–H groups in total. The van der Waals surface area contributed by atoms with Gasteiger partial charge in [-0.3, -0.25) is 4.79 Å². The molecule has 21 heavy (non-hydrogen) atoms. The van der Waals surface area contributed by atoms with Gasteiger partial charge in [-0.1, -0.05) is 15.9 Å². The third-order valence-electron chi connectivity index (χ3n) is 3.62. The first kappa shape index (κ1) is 15.8. The third kappa shape index (κ3) is 3.56. The molecule has 0 bridgehead atoms. The maximum atomic E-state index is 12.5. The molecule has 1 aromatic carbocycles. The lowest BCUT2D eigenvalue weighted by atomic mass is 10.1. The Bertz CT molecular complexity index is 552. The Kier molecular flexibility index (Phi) is 4.88. The van der Waals surface area contributed by atoms with Gasteiger partial charge in [-0.25, -0.2) is 4.79 Å². The molecule has 0 unspecified atom stereocenters. The first-order chi connectivity index (χ1) is 9.90. The zero-order chi connectivity index (χ0) is 15.6. The van der Waals surface area contributed by atoms with Crippen LogP contribution >= 0.6 is 15.9 Å². The maximum Gasteiger partial charge on any atom is 0.319 e. The predicted octanol–water partition coefficient (Wildman–Crippen LogP) is 2.20. The molecule has 114 valence electrons. The molecular weight excluding hydrogens is 334 g/mol. The number of piperazine rings is 1. The van der Waals surface area contributed by atoms with E-state index in [1.807, 2.05) is 30.0 Å². The first-order valence-electron chi connectivity index (χ1n) is 6.92. The van der Waals surface area contributed by atoms with Crippen LogP contribution < -0.4 is 0 Å². The zero-order valence-corrected chi connectivity index (χ0v) is 14.2. The Morgan fingerprint density at radius 2 is 1.67 bits per heavy atom. The van der Waals surface area contributed by atoms with Crippen LogP contribution in [0.5, 0.6) is 0 Å². The van der Waals surface area contributed by atoms with Gasteiger partial charge in [0.15, 0.2) is 0 Å². The Balaban J connectivity index is 2.00. The van der Waals surface area contributed by atoms with Crippen molar-refractivity contribution in [3.8, 4) is 0 Å². The van der Waals surface area contributed by atoms with Crippen molar-refractivity contribution in [2.45, 2.75) is 6.92 Å². The molecule has 1 aliphatic heterocycles. The molecule has 0 radical (unpaired) electrons. The molecule has 5 nitrogen and oxygen atoms in total. The van der Waals surface area contributed by atoms with E-state index in [0.29, 0.717) is 31.7 Å². The molecule has 0 aromatic heterocycles. The average Bonchev–Trinajstić information content (AvgIpc) is 2.48. The van der Waals surface area contributed by atoms with E-state index in [2.05, 4.69) is 15.9 Å². The normalized spacial score (nSPS) is 15.0. The number of nitrogens with zero attached hydrogens (tertiary/aromatic N) is 3. The highest BCUT2D eigenvalue weighted by Crippen LogP contribution is 2.18. The molecule has 2 rings (SSSR count). The fourth-order valence-electron chi connectivity index (χ4n) is 2.34. The van der Waals surface area contributed by atoms with Crippen LogP contribution in [0.2, 0.25) is 0 Å². The molecule has 1 aliphatic rings. The lowest BCUT2D eigenvalue weighted by molar-refractivity contribution is 0.0650. The van der Waals surface area contributed by atoms with E-state index in [9.17, 15) is 9.59 Å². The summed E-state index contributed by atoms with van der Waals surface area (Å²) in [6.45, 7) is 4.28. The summed E-state index contributed by atoms with van der Waals surface area (Å²) in [5.41, 5.74) is 1.74. The van der Waals surface area contributed by atoms with Crippen molar-refractivity contribution in [3.05, 3.63) is 33.8 Å². The van der Waals surface area contributed by atoms with Crippen LogP contribution in [0.25, 0.3) is 0 Å². The van der Waals surface area contributed by atoms with Crippen molar-refractivity contribution >= 4 is 27.9 Å². The van der Waals surface area contributed by atoms with Gasteiger partial charge in [0.1, 0.15) is 0 Å². The van der Waals surface area contributed by atoms with E-state index >= 15 is 0 Å². The molecule has 0 spiro atoms. The van der Waals surface area contributed by atoms with Crippen LogP contribution in [0.15, 0.2) is 22.7 Å². The van der Waals surface area contributed by atoms with Crippen molar-refractivity contribution < 1.29 is 9.59 Å². The summed E-state index contributed by atoms with van der Waals surface area (Å²) >= 11 is 3.44. The van der Waals surface area contributed by atoms with Crippen molar-refractivity contribution in [2.75, 3.05) is 40.3 Å².